The third-order valence-corrected chi connectivity index (χ3v) is 1.73. The van der Waals surface area contributed by atoms with E-state index in [0.717, 1.165) is 11.8 Å². The maximum absolute atomic E-state index is 13.0. The molecule has 0 radical (unpaired) electrons. The van der Waals surface area contributed by atoms with Crippen molar-refractivity contribution in [3.05, 3.63) is 35.1 Å². The summed E-state index contributed by atoms with van der Waals surface area (Å²) in [6.07, 6.45) is 1.69. The minimum Gasteiger partial charge on any atom is -0.303 e. The minimum absolute atomic E-state index is 0.220. The van der Waals surface area contributed by atoms with Gasteiger partial charge in [0.2, 0.25) is 0 Å². The number of halogens is 1. The first-order valence-electron chi connectivity index (χ1n) is 3.92. The third kappa shape index (κ3) is 2.16. The summed E-state index contributed by atoms with van der Waals surface area (Å²) in [4.78, 5) is 10.1. The molecule has 2 heteroatoms. The molecule has 12 heavy (non-hydrogen) atoms. The molecule has 0 aliphatic heterocycles. The van der Waals surface area contributed by atoms with Gasteiger partial charge in [-0.15, -0.1) is 0 Å². The average Bonchev–Trinajstić information content (AvgIpc) is 2.07. The van der Waals surface area contributed by atoms with Gasteiger partial charge in [0, 0.05) is 6.42 Å². The van der Waals surface area contributed by atoms with Crippen LogP contribution in [0.4, 0.5) is 4.39 Å². The molecule has 0 bridgehead atoms. The van der Waals surface area contributed by atoms with Crippen molar-refractivity contribution >= 4 is 6.29 Å². The summed E-state index contributed by atoms with van der Waals surface area (Å²) in [6, 6.07) is 4.94. The van der Waals surface area contributed by atoms with E-state index in [1.807, 2.05) is 6.92 Å². The number of carbonyl (C=O) groups is 1. The van der Waals surface area contributed by atoms with Gasteiger partial charge in [0.15, 0.2) is 0 Å². The van der Waals surface area contributed by atoms with Crippen LogP contribution in [0, 0.1) is 12.7 Å². The standard InChI is InChI=1S/C10H11FO/c1-8-4-5-10(11)9(7-8)3-2-6-12/h4-7H,2-3H2,1H3. The zero-order chi connectivity index (χ0) is 8.97. The number of aldehydes is 1. The van der Waals surface area contributed by atoms with E-state index in [1.54, 1.807) is 12.1 Å². The Hall–Kier alpha value is -1.18. The number of carbonyl (C=O) groups excluding carboxylic acids is 1. The van der Waals surface area contributed by atoms with Crippen molar-refractivity contribution in [2.24, 2.45) is 0 Å². The van der Waals surface area contributed by atoms with Crippen LogP contribution >= 0.6 is 0 Å². The van der Waals surface area contributed by atoms with Gasteiger partial charge in [-0.05, 0) is 25.0 Å². The van der Waals surface area contributed by atoms with Crippen LogP contribution in [0.5, 0.6) is 0 Å². The van der Waals surface area contributed by atoms with Crippen LogP contribution in [0.25, 0.3) is 0 Å². The predicted molar refractivity (Wildman–Crippen MR) is 45.5 cm³/mol. The fourth-order valence-electron chi connectivity index (χ4n) is 1.11. The van der Waals surface area contributed by atoms with E-state index in [9.17, 15) is 9.18 Å². The molecule has 0 N–H and O–H groups in total. The van der Waals surface area contributed by atoms with Crippen LogP contribution in [-0.2, 0) is 11.2 Å². The molecule has 1 nitrogen and oxygen atoms in total. The highest BCUT2D eigenvalue weighted by Gasteiger charge is 2.00. The van der Waals surface area contributed by atoms with Gasteiger partial charge >= 0.3 is 0 Å². The second-order valence-electron chi connectivity index (χ2n) is 2.80. The van der Waals surface area contributed by atoms with Gasteiger partial charge in [0.1, 0.15) is 12.1 Å². The zero-order valence-electron chi connectivity index (χ0n) is 7.01. The first-order chi connectivity index (χ1) is 5.74. The summed E-state index contributed by atoms with van der Waals surface area (Å²) in [6.45, 7) is 1.91. The van der Waals surface area contributed by atoms with Gasteiger partial charge < -0.3 is 4.79 Å². The molecular weight excluding hydrogens is 155 g/mol. The lowest BCUT2D eigenvalue weighted by molar-refractivity contribution is -0.107. The average molecular weight is 166 g/mol. The van der Waals surface area contributed by atoms with Crippen LogP contribution in [0.1, 0.15) is 17.5 Å². The molecule has 0 aliphatic carbocycles. The molecule has 0 spiro atoms. The van der Waals surface area contributed by atoms with E-state index in [-0.39, 0.29) is 5.82 Å². The Balaban J connectivity index is 2.82. The van der Waals surface area contributed by atoms with E-state index in [1.165, 1.54) is 6.07 Å². The molecule has 1 rings (SSSR count). The van der Waals surface area contributed by atoms with Crippen molar-refractivity contribution in [1.29, 1.82) is 0 Å². The second kappa shape index (κ2) is 4.00. The van der Waals surface area contributed by atoms with Gasteiger partial charge in [-0.2, -0.15) is 0 Å². The molecule has 64 valence electrons. The molecule has 0 aliphatic rings. The normalized spacial score (nSPS) is 9.83. The largest absolute Gasteiger partial charge is 0.303 e. The van der Waals surface area contributed by atoms with Crippen LogP contribution in [0.2, 0.25) is 0 Å². The maximum atomic E-state index is 13.0. The highest BCUT2D eigenvalue weighted by Crippen LogP contribution is 2.11. The molecule has 0 atom stereocenters. The van der Waals surface area contributed by atoms with Crippen molar-refractivity contribution < 1.29 is 9.18 Å². The van der Waals surface area contributed by atoms with E-state index in [2.05, 4.69) is 0 Å². The number of benzene rings is 1. The first kappa shape index (κ1) is 8.91. The fourth-order valence-corrected chi connectivity index (χ4v) is 1.11. The quantitative estimate of drug-likeness (QED) is 0.629. The number of hydrogen-bond donors (Lipinski definition) is 0. The number of rotatable bonds is 3. The van der Waals surface area contributed by atoms with Gasteiger partial charge in [0.05, 0.1) is 0 Å². The Kier molecular flexibility index (Phi) is 2.97. The molecular formula is C10H11FO. The van der Waals surface area contributed by atoms with Crippen LogP contribution in [0.3, 0.4) is 0 Å². The lowest BCUT2D eigenvalue weighted by Crippen LogP contribution is -1.91. The summed E-state index contributed by atoms with van der Waals surface area (Å²) in [5, 5.41) is 0. The number of hydrogen-bond acceptors (Lipinski definition) is 1. The van der Waals surface area contributed by atoms with Crippen LogP contribution < -0.4 is 0 Å². The smallest absolute Gasteiger partial charge is 0.126 e. The van der Waals surface area contributed by atoms with Crippen molar-refractivity contribution in [1.82, 2.24) is 0 Å². The van der Waals surface area contributed by atoms with E-state index < -0.39 is 0 Å². The minimum atomic E-state index is -0.220. The van der Waals surface area contributed by atoms with Gasteiger partial charge in [-0.3, -0.25) is 0 Å². The SMILES string of the molecule is Cc1ccc(F)c(CCC=O)c1. The summed E-state index contributed by atoms with van der Waals surface area (Å²) in [7, 11) is 0. The highest BCUT2D eigenvalue weighted by molar-refractivity contribution is 5.50. The Bertz CT molecular complexity index is 281. The third-order valence-electron chi connectivity index (χ3n) is 1.73. The molecule has 1 aromatic rings. The Labute approximate surface area is 71.2 Å². The lowest BCUT2D eigenvalue weighted by atomic mass is 10.1. The monoisotopic (exact) mass is 166 g/mol. The molecule has 1 aromatic carbocycles. The van der Waals surface area contributed by atoms with Crippen LogP contribution in [-0.4, -0.2) is 6.29 Å². The molecule has 0 heterocycles. The predicted octanol–water partition coefficient (Wildman–Crippen LogP) is 2.27. The van der Waals surface area contributed by atoms with E-state index in [0.29, 0.717) is 18.4 Å². The van der Waals surface area contributed by atoms with Gasteiger partial charge in [-0.25, -0.2) is 4.39 Å². The van der Waals surface area contributed by atoms with Crippen LogP contribution in [0.15, 0.2) is 18.2 Å². The molecule has 0 unspecified atom stereocenters. The van der Waals surface area contributed by atoms with E-state index >= 15 is 0 Å². The molecule has 0 aromatic heterocycles. The first-order valence-corrected chi connectivity index (χ1v) is 3.92. The van der Waals surface area contributed by atoms with E-state index in [4.69, 9.17) is 0 Å². The second-order valence-corrected chi connectivity index (χ2v) is 2.80. The van der Waals surface area contributed by atoms with Gasteiger partial charge in [-0.1, -0.05) is 17.7 Å². The lowest BCUT2D eigenvalue weighted by Gasteiger charge is -2.00. The summed E-state index contributed by atoms with van der Waals surface area (Å²) in [5.41, 5.74) is 1.65. The Morgan fingerprint density at radius 2 is 2.25 bits per heavy atom. The molecule has 0 fully saturated rings. The molecule has 0 saturated carbocycles. The van der Waals surface area contributed by atoms with Gasteiger partial charge in [0.25, 0.3) is 0 Å². The Morgan fingerprint density at radius 1 is 1.50 bits per heavy atom. The topological polar surface area (TPSA) is 17.1 Å². The van der Waals surface area contributed by atoms with Crippen molar-refractivity contribution in [2.75, 3.05) is 0 Å². The molecule has 0 amide bonds. The van der Waals surface area contributed by atoms with Crippen molar-refractivity contribution in [3.63, 3.8) is 0 Å². The maximum Gasteiger partial charge on any atom is 0.126 e. The summed E-state index contributed by atoms with van der Waals surface area (Å²) in [5.74, 6) is -0.220. The summed E-state index contributed by atoms with van der Waals surface area (Å²) < 4.78 is 13.0. The van der Waals surface area contributed by atoms with Crippen molar-refractivity contribution in [2.45, 2.75) is 19.8 Å². The molecule has 0 saturated heterocycles. The fraction of sp³-hybridized carbons (Fsp3) is 0.300. The van der Waals surface area contributed by atoms with Crippen molar-refractivity contribution in [3.8, 4) is 0 Å². The zero-order valence-corrected chi connectivity index (χ0v) is 7.01. The summed E-state index contributed by atoms with van der Waals surface area (Å²) >= 11 is 0. The Morgan fingerprint density at radius 3 is 2.92 bits per heavy atom. The highest BCUT2D eigenvalue weighted by atomic mass is 19.1. The number of aryl methyl sites for hydroxylation is 2.